The Bertz CT molecular complexity index is 1030. The zero-order valence-electron chi connectivity index (χ0n) is 15.5. The standard InChI is InChI=1S/C20H21FN4O2/c1-11-8-17(15-7-6-14(21)9-18(15)27-3)24-19-16(10-22-25(11)19)20(26)23-12(2)13-4-5-13/h6-10,12-13H,4-5H2,1-3H3,(H,23,26). The summed E-state index contributed by atoms with van der Waals surface area (Å²) >= 11 is 0. The Morgan fingerprint density at radius 3 is 2.85 bits per heavy atom. The van der Waals surface area contributed by atoms with Crippen LogP contribution in [0.2, 0.25) is 0 Å². The number of halogens is 1. The summed E-state index contributed by atoms with van der Waals surface area (Å²) in [6.07, 6.45) is 3.85. The van der Waals surface area contributed by atoms with Crippen LogP contribution in [0, 0.1) is 18.7 Å². The molecular formula is C20H21FN4O2. The van der Waals surface area contributed by atoms with Crippen LogP contribution in [0.25, 0.3) is 16.9 Å². The summed E-state index contributed by atoms with van der Waals surface area (Å²) in [6, 6.07) is 6.27. The number of amides is 1. The normalized spacial score (nSPS) is 15.0. The van der Waals surface area contributed by atoms with Crippen LogP contribution in [-0.4, -0.2) is 33.7 Å². The lowest BCUT2D eigenvalue weighted by Gasteiger charge is -2.12. The molecule has 1 fully saturated rings. The van der Waals surface area contributed by atoms with Gasteiger partial charge in [0.1, 0.15) is 17.1 Å². The molecule has 1 unspecified atom stereocenters. The van der Waals surface area contributed by atoms with Crippen molar-refractivity contribution in [1.29, 1.82) is 0 Å². The van der Waals surface area contributed by atoms with Gasteiger partial charge in [0, 0.05) is 23.4 Å². The Balaban J connectivity index is 1.77. The maximum absolute atomic E-state index is 13.5. The van der Waals surface area contributed by atoms with Gasteiger partial charge in [0.25, 0.3) is 5.91 Å². The van der Waals surface area contributed by atoms with Crippen molar-refractivity contribution in [2.45, 2.75) is 32.7 Å². The second-order valence-electron chi connectivity index (χ2n) is 7.02. The lowest BCUT2D eigenvalue weighted by Crippen LogP contribution is -2.34. The number of ether oxygens (including phenoxy) is 1. The first-order chi connectivity index (χ1) is 13.0. The van der Waals surface area contributed by atoms with Crippen molar-refractivity contribution >= 4 is 11.6 Å². The van der Waals surface area contributed by atoms with E-state index in [2.05, 4.69) is 15.4 Å². The second kappa shape index (κ2) is 6.64. The number of aryl methyl sites for hydroxylation is 1. The number of aromatic nitrogens is 3. The van der Waals surface area contributed by atoms with E-state index in [0.717, 1.165) is 18.5 Å². The first-order valence-electron chi connectivity index (χ1n) is 8.98. The maximum Gasteiger partial charge on any atom is 0.256 e. The number of hydrogen-bond acceptors (Lipinski definition) is 4. The monoisotopic (exact) mass is 368 g/mol. The summed E-state index contributed by atoms with van der Waals surface area (Å²) in [5, 5.41) is 7.34. The van der Waals surface area contributed by atoms with Crippen molar-refractivity contribution < 1.29 is 13.9 Å². The number of nitrogens with one attached hydrogen (secondary N) is 1. The summed E-state index contributed by atoms with van der Waals surface area (Å²) in [5.41, 5.74) is 2.96. The first kappa shape index (κ1) is 17.5. The number of fused-ring (bicyclic) bond motifs is 1. The smallest absolute Gasteiger partial charge is 0.256 e. The Labute approximate surface area is 156 Å². The first-order valence-corrected chi connectivity index (χ1v) is 8.98. The lowest BCUT2D eigenvalue weighted by atomic mass is 10.1. The number of nitrogens with zero attached hydrogens (tertiary/aromatic N) is 3. The van der Waals surface area contributed by atoms with Crippen molar-refractivity contribution in [3.8, 4) is 17.0 Å². The van der Waals surface area contributed by atoms with Crippen molar-refractivity contribution in [3.63, 3.8) is 0 Å². The molecule has 6 nitrogen and oxygen atoms in total. The van der Waals surface area contributed by atoms with Crippen molar-refractivity contribution in [1.82, 2.24) is 19.9 Å². The van der Waals surface area contributed by atoms with Crippen LogP contribution in [0.3, 0.4) is 0 Å². The third kappa shape index (κ3) is 3.25. The average molecular weight is 368 g/mol. The SMILES string of the molecule is COc1cc(F)ccc1-c1cc(C)n2ncc(C(=O)NC(C)C3CC3)c2n1. The van der Waals surface area contributed by atoms with Crippen molar-refractivity contribution in [2.24, 2.45) is 5.92 Å². The average Bonchev–Trinajstić information content (AvgIpc) is 3.41. The van der Waals surface area contributed by atoms with E-state index in [1.165, 1.54) is 25.4 Å². The van der Waals surface area contributed by atoms with Gasteiger partial charge in [-0.1, -0.05) is 0 Å². The molecule has 1 atom stereocenters. The fourth-order valence-electron chi connectivity index (χ4n) is 3.29. The zero-order chi connectivity index (χ0) is 19.1. The quantitative estimate of drug-likeness (QED) is 0.750. The summed E-state index contributed by atoms with van der Waals surface area (Å²) in [7, 11) is 1.49. The van der Waals surface area contributed by atoms with E-state index in [-0.39, 0.29) is 17.8 Å². The molecule has 1 aliphatic rings. The van der Waals surface area contributed by atoms with E-state index in [9.17, 15) is 9.18 Å². The van der Waals surface area contributed by atoms with Gasteiger partial charge >= 0.3 is 0 Å². The minimum atomic E-state index is -0.383. The van der Waals surface area contributed by atoms with E-state index in [0.29, 0.717) is 34.1 Å². The number of carbonyl (C=O) groups is 1. The fourth-order valence-corrected chi connectivity index (χ4v) is 3.29. The number of rotatable bonds is 5. The van der Waals surface area contributed by atoms with E-state index in [1.807, 2.05) is 19.9 Å². The third-order valence-electron chi connectivity index (χ3n) is 5.02. The maximum atomic E-state index is 13.5. The van der Waals surface area contributed by atoms with Crippen LogP contribution in [0.15, 0.2) is 30.5 Å². The molecule has 1 N–H and O–H groups in total. The molecule has 0 bridgehead atoms. The number of hydrogen-bond donors (Lipinski definition) is 1. The van der Waals surface area contributed by atoms with E-state index < -0.39 is 0 Å². The second-order valence-corrected chi connectivity index (χ2v) is 7.02. The van der Waals surface area contributed by atoms with E-state index in [1.54, 1.807) is 10.6 Å². The molecule has 0 spiro atoms. The van der Waals surface area contributed by atoms with Gasteiger partial charge < -0.3 is 10.1 Å². The molecule has 1 amide bonds. The fraction of sp³-hybridized carbons (Fsp3) is 0.350. The van der Waals surface area contributed by atoms with E-state index in [4.69, 9.17) is 4.74 Å². The highest BCUT2D eigenvalue weighted by Gasteiger charge is 2.30. The van der Waals surface area contributed by atoms with Crippen LogP contribution in [0.1, 0.15) is 35.8 Å². The van der Waals surface area contributed by atoms with Gasteiger partial charge in [0.2, 0.25) is 0 Å². The summed E-state index contributed by atoms with van der Waals surface area (Å²) in [5.74, 6) is 0.384. The summed E-state index contributed by atoms with van der Waals surface area (Å²) < 4.78 is 20.5. The van der Waals surface area contributed by atoms with Gasteiger partial charge in [-0.2, -0.15) is 5.10 Å². The highest BCUT2D eigenvalue weighted by atomic mass is 19.1. The van der Waals surface area contributed by atoms with Crippen LogP contribution < -0.4 is 10.1 Å². The summed E-state index contributed by atoms with van der Waals surface area (Å²) in [6.45, 7) is 3.91. The van der Waals surface area contributed by atoms with E-state index >= 15 is 0 Å². The Morgan fingerprint density at radius 2 is 2.15 bits per heavy atom. The number of benzene rings is 1. The number of methoxy groups -OCH3 is 1. The molecule has 0 saturated heterocycles. The van der Waals surface area contributed by atoms with Crippen molar-refractivity contribution in [2.75, 3.05) is 7.11 Å². The molecule has 2 heterocycles. The highest BCUT2D eigenvalue weighted by Crippen LogP contribution is 2.33. The molecule has 140 valence electrons. The van der Waals surface area contributed by atoms with Crippen LogP contribution in [0.4, 0.5) is 4.39 Å². The minimum Gasteiger partial charge on any atom is -0.496 e. The Morgan fingerprint density at radius 1 is 1.37 bits per heavy atom. The Kier molecular flexibility index (Phi) is 4.30. The molecule has 0 radical (unpaired) electrons. The number of carbonyl (C=O) groups excluding carboxylic acids is 1. The van der Waals surface area contributed by atoms with Gasteiger partial charge in [-0.3, -0.25) is 4.79 Å². The van der Waals surface area contributed by atoms with Gasteiger partial charge in [0.05, 0.1) is 19.0 Å². The van der Waals surface area contributed by atoms with Crippen LogP contribution in [0.5, 0.6) is 5.75 Å². The van der Waals surface area contributed by atoms with Crippen LogP contribution in [-0.2, 0) is 0 Å². The molecule has 4 rings (SSSR count). The van der Waals surface area contributed by atoms with Gasteiger partial charge in [0.15, 0.2) is 5.65 Å². The molecule has 3 aromatic rings. The van der Waals surface area contributed by atoms with Gasteiger partial charge in [-0.25, -0.2) is 13.9 Å². The molecule has 0 aliphatic heterocycles. The predicted octanol–water partition coefficient (Wildman–Crippen LogP) is 3.38. The molecular weight excluding hydrogens is 347 g/mol. The molecule has 1 aliphatic carbocycles. The van der Waals surface area contributed by atoms with Gasteiger partial charge in [-0.05, 0) is 50.8 Å². The highest BCUT2D eigenvalue weighted by molar-refractivity contribution is 6.00. The van der Waals surface area contributed by atoms with Gasteiger partial charge in [-0.15, -0.1) is 0 Å². The zero-order valence-corrected chi connectivity index (χ0v) is 15.5. The molecule has 1 aromatic carbocycles. The molecule has 7 heteroatoms. The minimum absolute atomic E-state index is 0.133. The van der Waals surface area contributed by atoms with Crippen LogP contribution >= 0.6 is 0 Å². The third-order valence-corrected chi connectivity index (χ3v) is 5.02. The predicted molar refractivity (Wildman–Crippen MR) is 99.3 cm³/mol. The largest absolute Gasteiger partial charge is 0.496 e. The lowest BCUT2D eigenvalue weighted by molar-refractivity contribution is 0.0937. The Hall–Kier alpha value is -2.96. The topological polar surface area (TPSA) is 68.5 Å². The molecule has 1 saturated carbocycles. The van der Waals surface area contributed by atoms with Crippen molar-refractivity contribution in [3.05, 3.63) is 47.5 Å². The molecule has 27 heavy (non-hydrogen) atoms. The molecule has 2 aromatic heterocycles. The summed E-state index contributed by atoms with van der Waals surface area (Å²) in [4.78, 5) is 17.3.